The van der Waals surface area contributed by atoms with E-state index in [0.717, 1.165) is 0 Å². The lowest BCUT2D eigenvalue weighted by Crippen LogP contribution is -2.41. The van der Waals surface area contributed by atoms with Gasteiger partial charge in [0.1, 0.15) is 4.90 Å². The fourth-order valence-electron chi connectivity index (χ4n) is 2.87. The summed E-state index contributed by atoms with van der Waals surface area (Å²) in [7, 11) is -3.65. The topological polar surface area (TPSA) is 123 Å². The first-order chi connectivity index (χ1) is 13.9. The van der Waals surface area contributed by atoms with Crippen LogP contribution in [0.2, 0.25) is 0 Å². The van der Waals surface area contributed by atoms with Crippen LogP contribution in [0.15, 0.2) is 46.9 Å². The lowest BCUT2D eigenvalue weighted by molar-refractivity contribution is -0.153. The van der Waals surface area contributed by atoms with Gasteiger partial charge in [0, 0.05) is 25.5 Å². The van der Waals surface area contributed by atoms with Crippen molar-refractivity contribution >= 4 is 39.1 Å². The second-order valence-corrected chi connectivity index (χ2v) is 9.22. The number of amides is 2. The number of nitrogens with zero attached hydrogens (tertiary/aromatic N) is 2. The molecule has 1 aliphatic heterocycles. The number of ether oxygens (including phenoxy) is 1. The van der Waals surface area contributed by atoms with Crippen LogP contribution < -0.4 is 5.32 Å². The number of nitrogens with one attached hydrogen (secondary N) is 1. The Kier molecular flexibility index (Phi) is 6.72. The van der Waals surface area contributed by atoms with Gasteiger partial charge in [0.15, 0.2) is 6.61 Å². The van der Waals surface area contributed by atoms with E-state index in [9.17, 15) is 22.8 Å². The molecule has 29 heavy (non-hydrogen) atoms. The van der Waals surface area contributed by atoms with E-state index in [2.05, 4.69) is 10.3 Å². The summed E-state index contributed by atoms with van der Waals surface area (Å²) in [6.07, 6.45) is 3.35. The number of pyridine rings is 1. The van der Waals surface area contributed by atoms with Crippen LogP contribution in [0.1, 0.15) is 22.5 Å². The van der Waals surface area contributed by atoms with Crippen molar-refractivity contribution in [3.63, 3.8) is 0 Å². The van der Waals surface area contributed by atoms with Gasteiger partial charge in [-0.2, -0.15) is 4.31 Å². The van der Waals surface area contributed by atoms with Crippen LogP contribution in [0, 0.1) is 5.92 Å². The largest absolute Gasteiger partial charge is 0.455 e. The Bertz CT molecular complexity index is 968. The number of aromatic nitrogens is 1. The minimum absolute atomic E-state index is 0.105. The lowest BCUT2D eigenvalue weighted by atomic mass is 9.98. The standard InChI is InChI=1S/C18H19N3O6S2/c22-16(20-17(23)15-4-2-10-28-15)12-27-18(24)13-5-8-21(9-6-13)29(25,26)14-3-1-7-19-11-14/h1-4,7,10-11,13H,5-6,8-9,12H2,(H,20,22,23). The molecule has 154 valence electrons. The molecule has 1 saturated heterocycles. The second kappa shape index (κ2) is 9.25. The molecule has 0 saturated carbocycles. The molecule has 3 rings (SSSR count). The van der Waals surface area contributed by atoms with Gasteiger partial charge < -0.3 is 4.74 Å². The molecule has 3 heterocycles. The Balaban J connectivity index is 1.45. The van der Waals surface area contributed by atoms with E-state index < -0.39 is 40.3 Å². The van der Waals surface area contributed by atoms with Gasteiger partial charge in [-0.05, 0) is 36.4 Å². The number of hydrogen-bond donors (Lipinski definition) is 1. The lowest BCUT2D eigenvalue weighted by Gasteiger charge is -2.29. The number of esters is 1. The number of carbonyl (C=O) groups excluding carboxylic acids is 3. The number of thiophene rings is 1. The molecule has 2 aromatic rings. The third-order valence-corrected chi connectivity index (χ3v) is 7.15. The molecule has 0 spiro atoms. The number of piperidine rings is 1. The van der Waals surface area contributed by atoms with Gasteiger partial charge in [-0.15, -0.1) is 11.3 Å². The SMILES string of the molecule is O=C(COC(=O)C1CCN(S(=O)(=O)c2cccnc2)CC1)NC(=O)c1cccs1. The zero-order valence-corrected chi connectivity index (χ0v) is 16.9. The minimum Gasteiger partial charge on any atom is -0.455 e. The highest BCUT2D eigenvalue weighted by molar-refractivity contribution is 7.89. The van der Waals surface area contributed by atoms with E-state index in [0.29, 0.717) is 4.88 Å². The first kappa shape index (κ1) is 21.1. The van der Waals surface area contributed by atoms with Crippen molar-refractivity contribution in [1.29, 1.82) is 0 Å². The smallest absolute Gasteiger partial charge is 0.309 e. The summed E-state index contributed by atoms with van der Waals surface area (Å²) in [6, 6.07) is 6.28. The third kappa shape index (κ3) is 5.25. The maximum absolute atomic E-state index is 12.6. The second-order valence-electron chi connectivity index (χ2n) is 6.33. The fourth-order valence-corrected chi connectivity index (χ4v) is 4.92. The van der Waals surface area contributed by atoms with Crippen molar-refractivity contribution in [1.82, 2.24) is 14.6 Å². The van der Waals surface area contributed by atoms with Gasteiger partial charge in [0.25, 0.3) is 11.8 Å². The number of imide groups is 1. The Morgan fingerprint density at radius 3 is 2.59 bits per heavy atom. The summed E-state index contributed by atoms with van der Waals surface area (Å²) >= 11 is 1.19. The molecule has 1 fully saturated rings. The molecule has 1 N–H and O–H groups in total. The summed E-state index contributed by atoms with van der Waals surface area (Å²) in [5.74, 6) is -2.35. The fraction of sp³-hybridized carbons (Fsp3) is 0.333. The van der Waals surface area contributed by atoms with Crippen molar-refractivity contribution in [2.75, 3.05) is 19.7 Å². The van der Waals surface area contributed by atoms with Crippen LogP contribution in [0.4, 0.5) is 0 Å². The predicted octanol–water partition coefficient (Wildman–Crippen LogP) is 1.04. The molecule has 0 aromatic carbocycles. The first-order valence-corrected chi connectivity index (χ1v) is 11.1. The third-order valence-electron chi connectivity index (χ3n) is 4.40. The summed E-state index contributed by atoms with van der Waals surface area (Å²) in [4.78, 5) is 40.1. The van der Waals surface area contributed by atoms with Crippen molar-refractivity contribution in [2.45, 2.75) is 17.7 Å². The zero-order chi connectivity index (χ0) is 20.9. The number of rotatable bonds is 6. The summed E-state index contributed by atoms with van der Waals surface area (Å²) < 4.78 is 31.4. The van der Waals surface area contributed by atoms with Crippen molar-refractivity contribution in [2.24, 2.45) is 5.92 Å². The molecule has 0 radical (unpaired) electrons. The Morgan fingerprint density at radius 2 is 1.97 bits per heavy atom. The average molecular weight is 437 g/mol. The van der Waals surface area contributed by atoms with Gasteiger partial charge in [0.2, 0.25) is 10.0 Å². The Hall–Kier alpha value is -2.63. The highest BCUT2D eigenvalue weighted by Gasteiger charge is 2.33. The molecule has 11 heteroatoms. The summed E-state index contributed by atoms with van der Waals surface area (Å²) in [5, 5.41) is 3.86. The number of sulfonamides is 1. The van der Waals surface area contributed by atoms with Crippen LogP contribution in [0.5, 0.6) is 0 Å². The van der Waals surface area contributed by atoms with Crippen LogP contribution in [0.3, 0.4) is 0 Å². The van der Waals surface area contributed by atoms with Crippen LogP contribution in [-0.2, 0) is 24.3 Å². The summed E-state index contributed by atoms with van der Waals surface area (Å²) in [5.41, 5.74) is 0. The van der Waals surface area contributed by atoms with Gasteiger partial charge in [-0.3, -0.25) is 24.7 Å². The van der Waals surface area contributed by atoms with Gasteiger partial charge >= 0.3 is 5.97 Å². The van der Waals surface area contributed by atoms with Crippen molar-refractivity contribution in [3.05, 3.63) is 46.9 Å². The van der Waals surface area contributed by atoms with Crippen molar-refractivity contribution < 1.29 is 27.5 Å². The zero-order valence-electron chi connectivity index (χ0n) is 15.3. The molecule has 2 amide bonds. The van der Waals surface area contributed by atoms with Crippen LogP contribution >= 0.6 is 11.3 Å². The molecular weight excluding hydrogens is 418 g/mol. The Labute approximate surface area is 171 Å². The molecule has 1 aliphatic rings. The van der Waals surface area contributed by atoms with Gasteiger partial charge in [0.05, 0.1) is 10.8 Å². The van der Waals surface area contributed by atoms with Crippen LogP contribution in [0.25, 0.3) is 0 Å². The number of carbonyl (C=O) groups is 3. The average Bonchev–Trinajstić information content (AvgIpc) is 3.28. The van der Waals surface area contributed by atoms with E-state index in [1.54, 1.807) is 23.6 Å². The molecular formula is C18H19N3O6S2. The number of hydrogen-bond acceptors (Lipinski definition) is 8. The molecule has 0 bridgehead atoms. The molecule has 0 unspecified atom stereocenters. The highest BCUT2D eigenvalue weighted by Crippen LogP contribution is 2.24. The molecule has 9 nitrogen and oxygen atoms in total. The van der Waals surface area contributed by atoms with Crippen LogP contribution in [-0.4, -0.2) is 55.2 Å². The van der Waals surface area contributed by atoms with E-state index in [4.69, 9.17) is 4.74 Å². The molecule has 0 aliphatic carbocycles. The highest BCUT2D eigenvalue weighted by atomic mass is 32.2. The normalized spacial score (nSPS) is 15.6. The quantitative estimate of drug-likeness (QED) is 0.670. The van der Waals surface area contributed by atoms with Gasteiger partial charge in [-0.1, -0.05) is 6.07 Å². The Morgan fingerprint density at radius 1 is 1.21 bits per heavy atom. The molecule has 0 atom stereocenters. The monoisotopic (exact) mass is 437 g/mol. The first-order valence-electron chi connectivity index (χ1n) is 8.82. The van der Waals surface area contributed by atoms with E-state index >= 15 is 0 Å². The van der Waals surface area contributed by atoms with E-state index in [-0.39, 0.29) is 30.8 Å². The summed E-state index contributed by atoms with van der Waals surface area (Å²) in [6.45, 7) is -0.232. The molecule has 2 aromatic heterocycles. The predicted molar refractivity (Wildman–Crippen MR) is 103 cm³/mol. The maximum Gasteiger partial charge on any atom is 0.309 e. The maximum atomic E-state index is 12.6. The van der Waals surface area contributed by atoms with E-state index in [1.807, 2.05) is 0 Å². The van der Waals surface area contributed by atoms with E-state index in [1.165, 1.54) is 34.1 Å². The van der Waals surface area contributed by atoms with Gasteiger partial charge in [-0.25, -0.2) is 8.42 Å². The van der Waals surface area contributed by atoms with Crippen molar-refractivity contribution in [3.8, 4) is 0 Å². The minimum atomic E-state index is -3.65.